The Bertz CT molecular complexity index is 656. The Balaban J connectivity index is 2.41. The SMILES string of the molecule is C=CC(=C)N(I)c1ccccc1N(F)c1ccc(F)cc1. The smallest absolute Gasteiger partial charge is 0.123 e. The standard InChI is InChI=1S/C16H13F2IN2/c1-3-12(2)21(19)16-7-5-4-6-15(16)20(18)14-10-8-13(17)9-11-14/h3-11H,1-2H2. The molecular weight excluding hydrogens is 385 g/mol. The van der Waals surface area contributed by atoms with E-state index in [0.717, 1.165) is 0 Å². The molecule has 0 aliphatic carbocycles. The van der Waals surface area contributed by atoms with Crippen LogP contribution in [-0.2, 0) is 0 Å². The minimum Gasteiger partial charge on any atom is -0.281 e. The quantitative estimate of drug-likeness (QED) is 0.362. The van der Waals surface area contributed by atoms with Crippen LogP contribution in [0.2, 0.25) is 0 Å². The minimum absolute atomic E-state index is 0.248. The minimum atomic E-state index is -0.406. The molecule has 2 rings (SSSR count). The average molecular weight is 398 g/mol. The van der Waals surface area contributed by atoms with Gasteiger partial charge in [0.1, 0.15) is 5.82 Å². The third kappa shape index (κ3) is 3.41. The van der Waals surface area contributed by atoms with E-state index in [9.17, 15) is 8.87 Å². The second kappa shape index (κ2) is 6.71. The maximum atomic E-state index is 14.6. The Hall–Kier alpha value is -1.89. The van der Waals surface area contributed by atoms with Crippen molar-refractivity contribution in [1.29, 1.82) is 0 Å². The van der Waals surface area contributed by atoms with Crippen molar-refractivity contribution in [3.05, 3.63) is 79.3 Å². The lowest BCUT2D eigenvalue weighted by molar-refractivity contribution is 0.505. The molecule has 108 valence electrons. The van der Waals surface area contributed by atoms with E-state index >= 15 is 0 Å². The molecule has 0 spiro atoms. The van der Waals surface area contributed by atoms with Gasteiger partial charge in [0, 0.05) is 5.70 Å². The van der Waals surface area contributed by atoms with Gasteiger partial charge in [-0.1, -0.05) is 29.8 Å². The summed E-state index contributed by atoms with van der Waals surface area (Å²) in [5.41, 5.74) is 1.84. The lowest BCUT2D eigenvalue weighted by atomic mass is 10.2. The summed E-state index contributed by atoms with van der Waals surface area (Å²) in [7, 11) is 0. The van der Waals surface area contributed by atoms with Gasteiger partial charge in [0.15, 0.2) is 0 Å². The van der Waals surface area contributed by atoms with Crippen LogP contribution in [0, 0.1) is 5.82 Å². The maximum Gasteiger partial charge on any atom is 0.123 e. The number of anilines is 3. The molecular formula is C16H13F2IN2. The highest BCUT2D eigenvalue weighted by atomic mass is 127. The largest absolute Gasteiger partial charge is 0.281 e. The molecule has 0 heterocycles. The molecule has 0 aliphatic heterocycles. The third-order valence-electron chi connectivity index (χ3n) is 2.85. The summed E-state index contributed by atoms with van der Waals surface area (Å²) in [5, 5.41) is 0.511. The van der Waals surface area contributed by atoms with Gasteiger partial charge in [0.05, 0.1) is 39.9 Å². The van der Waals surface area contributed by atoms with Gasteiger partial charge in [-0.15, -0.1) is 0 Å². The molecule has 0 amide bonds. The lowest BCUT2D eigenvalue weighted by Crippen LogP contribution is -2.12. The number of hydrogen-bond donors (Lipinski definition) is 0. The zero-order chi connectivity index (χ0) is 15.4. The molecule has 0 bridgehead atoms. The van der Waals surface area contributed by atoms with Crippen molar-refractivity contribution in [3.63, 3.8) is 0 Å². The predicted octanol–water partition coefficient (Wildman–Crippen LogP) is 5.70. The van der Waals surface area contributed by atoms with Crippen molar-refractivity contribution >= 4 is 39.9 Å². The van der Waals surface area contributed by atoms with Crippen molar-refractivity contribution in [1.82, 2.24) is 0 Å². The molecule has 0 saturated heterocycles. The topological polar surface area (TPSA) is 6.48 Å². The van der Waals surface area contributed by atoms with Crippen molar-refractivity contribution in [2.75, 3.05) is 8.24 Å². The van der Waals surface area contributed by atoms with Crippen LogP contribution >= 0.6 is 22.9 Å². The summed E-state index contributed by atoms with van der Waals surface area (Å²) in [4.78, 5) is 0. The molecule has 0 aromatic heterocycles. The van der Waals surface area contributed by atoms with Crippen LogP contribution in [0.15, 0.2) is 73.5 Å². The Morgan fingerprint density at radius 1 is 1.05 bits per heavy atom. The summed E-state index contributed by atoms with van der Waals surface area (Å²) < 4.78 is 29.3. The van der Waals surface area contributed by atoms with E-state index < -0.39 is 5.82 Å². The van der Waals surface area contributed by atoms with Crippen LogP contribution in [0.3, 0.4) is 0 Å². The lowest BCUT2D eigenvalue weighted by Gasteiger charge is -2.23. The van der Waals surface area contributed by atoms with Crippen LogP contribution in [-0.4, -0.2) is 0 Å². The number of nitrogens with zero attached hydrogens (tertiary/aromatic N) is 2. The molecule has 0 N–H and O–H groups in total. The fraction of sp³-hybridized carbons (Fsp3) is 0. The number of para-hydroxylation sites is 2. The zero-order valence-electron chi connectivity index (χ0n) is 11.1. The predicted molar refractivity (Wildman–Crippen MR) is 91.9 cm³/mol. The van der Waals surface area contributed by atoms with Crippen molar-refractivity contribution in [2.24, 2.45) is 0 Å². The molecule has 0 unspecified atom stereocenters. The monoisotopic (exact) mass is 398 g/mol. The van der Waals surface area contributed by atoms with Gasteiger partial charge in [0.25, 0.3) is 0 Å². The summed E-state index contributed by atoms with van der Waals surface area (Å²) >= 11 is 2.03. The number of allylic oxidation sites excluding steroid dienone is 1. The first-order valence-corrected chi connectivity index (χ1v) is 7.09. The summed E-state index contributed by atoms with van der Waals surface area (Å²) in [6, 6.07) is 12.1. The van der Waals surface area contributed by atoms with Gasteiger partial charge < -0.3 is 0 Å². The van der Waals surface area contributed by atoms with Gasteiger partial charge in [-0.05, 0) is 42.5 Å². The van der Waals surface area contributed by atoms with E-state index in [0.29, 0.717) is 22.2 Å². The molecule has 0 aliphatic rings. The molecule has 2 aromatic rings. The molecule has 2 aromatic carbocycles. The van der Waals surface area contributed by atoms with Gasteiger partial charge in [-0.25, -0.2) is 4.39 Å². The Morgan fingerprint density at radius 2 is 1.62 bits per heavy atom. The second-order valence-electron chi connectivity index (χ2n) is 4.22. The van der Waals surface area contributed by atoms with Crippen LogP contribution in [0.1, 0.15) is 0 Å². The molecule has 0 atom stereocenters. The highest BCUT2D eigenvalue weighted by Crippen LogP contribution is 2.37. The maximum absolute atomic E-state index is 14.6. The van der Waals surface area contributed by atoms with E-state index in [2.05, 4.69) is 13.2 Å². The van der Waals surface area contributed by atoms with Gasteiger partial charge in [-0.2, -0.15) is 5.12 Å². The van der Waals surface area contributed by atoms with Gasteiger partial charge in [-0.3, -0.25) is 3.11 Å². The highest BCUT2D eigenvalue weighted by molar-refractivity contribution is 14.1. The summed E-state index contributed by atoms with van der Waals surface area (Å²) in [5.74, 6) is -0.406. The second-order valence-corrected chi connectivity index (χ2v) is 5.19. The van der Waals surface area contributed by atoms with Crippen molar-refractivity contribution in [3.8, 4) is 0 Å². The number of rotatable bonds is 5. The molecule has 0 saturated carbocycles. The van der Waals surface area contributed by atoms with Crippen molar-refractivity contribution < 1.29 is 8.87 Å². The van der Waals surface area contributed by atoms with Gasteiger partial charge in [0.2, 0.25) is 0 Å². The normalized spacial score (nSPS) is 10.0. The number of benzene rings is 2. The van der Waals surface area contributed by atoms with Gasteiger partial charge >= 0.3 is 0 Å². The van der Waals surface area contributed by atoms with Crippen LogP contribution in [0.5, 0.6) is 0 Å². The van der Waals surface area contributed by atoms with Crippen LogP contribution in [0.4, 0.5) is 25.9 Å². The van der Waals surface area contributed by atoms with E-state index in [1.165, 1.54) is 24.3 Å². The highest BCUT2D eigenvalue weighted by Gasteiger charge is 2.16. The fourth-order valence-electron chi connectivity index (χ4n) is 1.74. The van der Waals surface area contributed by atoms with E-state index in [1.54, 1.807) is 33.5 Å². The van der Waals surface area contributed by atoms with E-state index in [4.69, 9.17) is 0 Å². The zero-order valence-corrected chi connectivity index (χ0v) is 13.3. The molecule has 5 heteroatoms. The van der Waals surface area contributed by atoms with Crippen LogP contribution < -0.4 is 8.24 Å². The van der Waals surface area contributed by atoms with E-state index in [1.807, 2.05) is 22.9 Å². The average Bonchev–Trinajstić information content (AvgIpc) is 2.53. The number of halogens is 3. The molecule has 2 nitrogen and oxygen atoms in total. The van der Waals surface area contributed by atoms with E-state index in [-0.39, 0.29) is 5.69 Å². The molecule has 0 radical (unpaired) electrons. The van der Waals surface area contributed by atoms with Crippen molar-refractivity contribution in [2.45, 2.75) is 0 Å². The Labute approximate surface area is 136 Å². The Kier molecular flexibility index (Phi) is 4.95. The molecule has 21 heavy (non-hydrogen) atoms. The molecule has 0 fully saturated rings. The fourth-order valence-corrected chi connectivity index (χ4v) is 2.35. The third-order valence-corrected chi connectivity index (χ3v) is 3.99. The first-order valence-electron chi connectivity index (χ1n) is 6.12. The van der Waals surface area contributed by atoms with Crippen LogP contribution in [0.25, 0.3) is 0 Å². The summed E-state index contributed by atoms with van der Waals surface area (Å²) in [6.45, 7) is 7.50. The summed E-state index contributed by atoms with van der Waals surface area (Å²) in [6.07, 6.45) is 1.59. The number of hydrogen-bond acceptors (Lipinski definition) is 2. The first kappa shape index (κ1) is 15.5. The Morgan fingerprint density at radius 3 is 2.19 bits per heavy atom. The first-order chi connectivity index (χ1) is 10.0.